The van der Waals surface area contributed by atoms with Gasteiger partial charge in [-0.2, -0.15) is 8.78 Å². The zero-order valence-corrected chi connectivity index (χ0v) is 23.1. The minimum absolute atomic E-state index is 0.0441. The fourth-order valence-corrected chi connectivity index (χ4v) is 3.97. The number of hydrogen-bond donors (Lipinski definition) is 2. The molecule has 3 aromatic rings. The Hall–Kier alpha value is -4.22. The summed E-state index contributed by atoms with van der Waals surface area (Å²) >= 11 is 0. The second-order valence-corrected chi connectivity index (χ2v) is 11.0. The molecule has 1 atom stereocenters. The molecule has 2 aromatic carbocycles. The molecule has 1 aromatic heterocycles. The third-order valence-electron chi connectivity index (χ3n) is 6.96. The molecule has 0 aliphatic heterocycles. The number of alkyl halides is 2. The van der Waals surface area contributed by atoms with Gasteiger partial charge in [-0.25, -0.2) is 14.2 Å². The molecule has 41 heavy (non-hydrogen) atoms. The zero-order valence-electron chi connectivity index (χ0n) is 23.1. The Balaban J connectivity index is 1.76. The summed E-state index contributed by atoms with van der Waals surface area (Å²) in [6.07, 6.45) is 0.868. The van der Waals surface area contributed by atoms with E-state index >= 15 is 0 Å². The number of ether oxygens (including phenoxy) is 3. The molecule has 4 rings (SSSR count). The van der Waals surface area contributed by atoms with Gasteiger partial charge in [-0.3, -0.25) is 4.79 Å². The average Bonchev–Trinajstić information content (AvgIpc) is 3.61. The van der Waals surface area contributed by atoms with Crippen molar-refractivity contribution in [2.75, 3.05) is 6.61 Å². The van der Waals surface area contributed by atoms with Crippen LogP contribution in [0.5, 0.6) is 11.5 Å². The highest BCUT2D eigenvalue weighted by atomic mass is 19.3. The third-order valence-corrected chi connectivity index (χ3v) is 6.96. The minimum atomic E-state index is -3.06. The number of primary amides is 1. The lowest BCUT2D eigenvalue weighted by atomic mass is 9.75. The highest BCUT2D eigenvalue weighted by molar-refractivity contribution is 5.94. The van der Waals surface area contributed by atoms with Crippen LogP contribution in [0.3, 0.4) is 0 Å². The fourth-order valence-electron chi connectivity index (χ4n) is 3.97. The van der Waals surface area contributed by atoms with Crippen LogP contribution >= 0.6 is 0 Å². The number of amides is 2. The van der Waals surface area contributed by atoms with Crippen LogP contribution in [0.4, 0.5) is 18.0 Å². The number of rotatable bonds is 11. The number of halogens is 3. The summed E-state index contributed by atoms with van der Waals surface area (Å²) in [5.74, 6) is -0.988. The third kappa shape index (κ3) is 7.11. The number of nitrogens with two attached hydrogens (primary N) is 1. The van der Waals surface area contributed by atoms with E-state index in [9.17, 15) is 22.8 Å². The van der Waals surface area contributed by atoms with Gasteiger partial charge in [0.1, 0.15) is 5.82 Å². The molecule has 3 N–H and O–H groups in total. The highest BCUT2D eigenvalue weighted by Gasteiger charge is 2.49. The standard InChI is InChI=1S/C29H32F3N3O6/c1-28(2,3)29(4,41-27(33)37)23-22(24(36)34-14-16-7-10-19(30)11-8-16)35-25(40-23)18-9-12-20(39-26(31)32)21(13-18)38-15-17-5-6-17/h7-13,17,26H,5-6,14-15H2,1-4H3,(H2,33,37)(H,34,36). The van der Waals surface area contributed by atoms with E-state index in [2.05, 4.69) is 15.0 Å². The average molecular weight is 576 g/mol. The number of carbonyl (C=O) groups is 2. The van der Waals surface area contributed by atoms with Gasteiger partial charge in [0, 0.05) is 17.5 Å². The molecule has 1 aliphatic rings. The lowest BCUT2D eigenvalue weighted by Gasteiger charge is -2.38. The van der Waals surface area contributed by atoms with Crippen LogP contribution < -0.4 is 20.5 Å². The molecule has 1 unspecified atom stereocenters. The molecule has 0 spiro atoms. The molecule has 0 saturated heterocycles. The number of oxazole rings is 1. The van der Waals surface area contributed by atoms with Crippen LogP contribution in [0.25, 0.3) is 11.5 Å². The number of aromatic nitrogens is 1. The zero-order chi connectivity index (χ0) is 29.9. The van der Waals surface area contributed by atoms with Crippen LogP contribution in [0.15, 0.2) is 46.9 Å². The number of hydrogen-bond acceptors (Lipinski definition) is 7. The predicted molar refractivity (Wildman–Crippen MR) is 142 cm³/mol. The van der Waals surface area contributed by atoms with E-state index in [0.717, 1.165) is 12.8 Å². The van der Waals surface area contributed by atoms with Gasteiger partial charge < -0.3 is 29.7 Å². The molecular formula is C29H32F3N3O6. The van der Waals surface area contributed by atoms with Gasteiger partial charge in [-0.15, -0.1) is 0 Å². The molecule has 12 heteroatoms. The Morgan fingerprint density at radius 3 is 2.37 bits per heavy atom. The Morgan fingerprint density at radius 1 is 1.10 bits per heavy atom. The van der Waals surface area contributed by atoms with E-state index in [0.29, 0.717) is 23.7 Å². The van der Waals surface area contributed by atoms with E-state index in [1.54, 1.807) is 27.7 Å². The summed E-state index contributed by atoms with van der Waals surface area (Å²) in [5, 5.41) is 2.71. The first kappa shape index (κ1) is 29.8. The monoisotopic (exact) mass is 575 g/mol. The molecule has 0 bridgehead atoms. The molecule has 220 valence electrons. The van der Waals surface area contributed by atoms with E-state index < -0.39 is 35.4 Å². The molecular weight excluding hydrogens is 543 g/mol. The minimum Gasteiger partial charge on any atom is -0.489 e. The summed E-state index contributed by atoms with van der Waals surface area (Å²) < 4.78 is 61.3. The van der Waals surface area contributed by atoms with E-state index in [1.807, 2.05) is 0 Å². The van der Waals surface area contributed by atoms with Crippen molar-refractivity contribution in [3.8, 4) is 23.0 Å². The molecule has 1 fully saturated rings. The van der Waals surface area contributed by atoms with Gasteiger partial charge in [0.15, 0.2) is 28.6 Å². The van der Waals surface area contributed by atoms with Gasteiger partial charge in [-0.1, -0.05) is 32.9 Å². The summed E-state index contributed by atoms with van der Waals surface area (Å²) in [6, 6.07) is 9.73. The van der Waals surface area contributed by atoms with E-state index in [-0.39, 0.29) is 35.4 Å². The lowest BCUT2D eigenvalue weighted by Crippen LogP contribution is -2.44. The van der Waals surface area contributed by atoms with Gasteiger partial charge in [-0.05, 0) is 61.6 Å². The summed E-state index contributed by atoms with van der Waals surface area (Å²) in [4.78, 5) is 29.8. The second-order valence-electron chi connectivity index (χ2n) is 11.0. The van der Waals surface area contributed by atoms with Crippen molar-refractivity contribution < 1.29 is 41.4 Å². The number of benzene rings is 2. The maximum absolute atomic E-state index is 13.4. The van der Waals surface area contributed by atoms with Crippen molar-refractivity contribution in [3.05, 3.63) is 65.3 Å². The van der Waals surface area contributed by atoms with Crippen LogP contribution in [0.1, 0.15) is 62.3 Å². The van der Waals surface area contributed by atoms with Gasteiger partial charge in [0.25, 0.3) is 5.91 Å². The quantitative estimate of drug-likeness (QED) is 0.281. The van der Waals surface area contributed by atoms with Gasteiger partial charge in [0.05, 0.1) is 6.61 Å². The SMILES string of the molecule is CC(C)(C)C(C)(OC(N)=O)c1oc(-c2ccc(OC(F)F)c(OCC3CC3)c2)nc1C(=O)NCc1ccc(F)cc1. The van der Waals surface area contributed by atoms with Crippen molar-refractivity contribution >= 4 is 12.0 Å². The maximum atomic E-state index is 13.4. The van der Waals surface area contributed by atoms with Crippen LogP contribution in [0.2, 0.25) is 0 Å². The molecule has 1 saturated carbocycles. The van der Waals surface area contributed by atoms with E-state index in [1.165, 1.54) is 42.5 Å². The lowest BCUT2D eigenvalue weighted by molar-refractivity contribution is -0.0707. The van der Waals surface area contributed by atoms with Crippen LogP contribution in [-0.2, 0) is 16.9 Å². The first-order chi connectivity index (χ1) is 19.3. The van der Waals surface area contributed by atoms with Crippen LogP contribution in [0, 0.1) is 17.2 Å². The maximum Gasteiger partial charge on any atom is 0.405 e. The van der Waals surface area contributed by atoms with Crippen LogP contribution in [-0.4, -0.2) is 30.2 Å². The van der Waals surface area contributed by atoms with Crippen molar-refractivity contribution in [1.82, 2.24) is 10.3 Å². The van der Waals surface area contributed by atoms with Gasteiger partial charge in [0.2, 0.25) is 5.89 Å². The summed E-state index contributed by atoms with van der Waals surface area (Å²) in [6.45, 7) is 4.14. The highest BCUT2D eigenvalue weighted by Crippen LogP contribution is 2.45. The molecule has 0 radical (unpaired) electrons. The van der Waals surface area contributed by atoms with Crippen molar-refractivity contribution in [1.29, 1.82) is 0 Å². The fraction of sp³-hybridized carbons (Fsp3) is 0.414. The normalized spacial score (nSPS) is 14.8. The van der Waals surface area contributed by atoms with Gasteiger partial charge >= 0.3 is 12.7 Å². The molecule has 1 heterocycles. The first-order valence-corrected chi connectivity index (χ1v) is 13.0. The second kappa shape index (κ2) is 11.7. The molecule has 1 aliphatic carbocycles. The summed E-state index contributed by atoms with van der Waals surface area (Å²) in [7, 11) is 0. The van der Waals surface area contributed by atoms with Crippen molar-refractivity contribution in [2.24, 2.45) is 17.1 Å². The Labute approximate surface area is 235 Å². The number of nitrogens with one attached hydrogen (secondary N) is 1. The van der Waals surface area contributed by atoms with Crippen molar-refractivity contribution in [2.45, 2.75) is 59.3 Å². The Kier molecular flexibility index (Phi) is 8.50. The largest absolute Gasteiger partial charge is 0.489 e. The predicted octanol–water partition coefficient (Wildman–Crippen LogP) is 6.16. The molecule has 2 amide bonds. The first-order valence-electron chi connectivity index (χ1n) is 13.0. The Morgan fingerprint density at radius 2 is 1.78 bits per heavy atom. The summed E-state index contributed by atoms with van der Waals surface area (Å²) in [5.41, 5.74) is 3.74. The van der Waals surface area contributed by atoms with E-state index in [4.69, 9.17) is 19.6 Å². The number of nitrogens with zero attached hydrogens (tertiary/aromatic N) is 1. The van der Waals surface area contributed by atoms with Crippen molar-refractivity contribution in [3.63, 3.8) is 0 Å². The topological polar surface area (TPSA) is 126 Å². The molecule has 9 nitrogen and oxygen atoms in total. The smallest absolute Gasteiger partial charge is 0.405 e. The Bertz CT molecular complexity index is 1400. The number of carbonyl (C=O) groups excluding carboxylic acids is 2.